The van der Waals surface area contributed by atoms with E-state index >= 15 is 0 Å². The van der Waals surface area contributed by atoms with Crippen molar-refractivity contribution in [3.63, 3.8) is 0 Å². The van der Waals surface area contributed by atoms with Gasteiger partial charge in [-0.15, -0.1) is 0 Å². The van der Waals surface area contributed by atoms with Gasteiger partial charge in [0.1, 0.15) is 6.04 Å². The van der Waals surface area contributed by atoms with Gasteiger partial charge in [0.05, 0.1) is 0 Å². The molecule has 4 heteroatoms. The van der Waals surface area contributed by atoms with Crippen LogP contribution in [0.2, 0.25) is 0 Å². The van der Waals surface area contributed by atoms with Crippen molar-refractivity contribution in [3.05, 3.63) is 35.4 Å². The van der Waals surface area contributed by atoms with Crippen LogP contribution in [0.25, 0.3) is 0 Å². The van der Waals surface area contributed by atoms with E-state index < -0.39 is 12.0 Å². The summed E-state index contributed by atoms with van der Waals surface area (Å²) in [5.74, 6) is -1.26. The van der Waals surface area contributed by atoms with Crippen molar-refractivity contribution in [2.75, 3.05) is 0 Å². The number of benzene rings is 1. The summed E-state index contributed by atoms with van der Waals surface area (Å²) < 4.78 is 0. The van der Waals surface area contributed by atoms with E-state index in [4.69, 9.17) is 5.11 Å². The Hall–Kier alpha value is -1.84. The minimum absolute atomic E-state index is 0.236. The zero-order chi connectivity index (χ0) is 12.8. The molecule has 1 aromatic rings. The Labute approximate surface area is 101 Å². The quantitative estimate of drug-likeness (QED) is 0.813. The molecule has 0 spiro atoms. The standard InChI is InChI=1S/C13H17NO3/c1-9-3-5-11(6-4-9)7-8-12(15)14-10(2)13(16)17/h3-6,10H,7-8H2,1-2H3,(H,14,15)(H,16,17)/t10-/m1/s1. The fourth-order valence-corrected chi connectivity index (χ4v) is 1.39. The summed E-state index contributed by atoms with van der Waals surface area (Å²) in [5, 5.41) is 11.1. The smallest absolute Gasteiger partial charge is 0.325 e. The molecule has 4 nitrogen and oxygen atoms in total. The molecule has 0 aliphatic rings. The SMILES string of the molecule is Cc1ccc(CCC(=O)N[C@H](C)C(=O)O)cc1. The normalized spacial score (nSPS) is 11.9. The highest BCUT2D eigenvalue weighted by Crippen LogP contribution is 2.05. The van der Waals surface area contributed by atoms with Crippen molar-refractivity contribution in [2.45, 2.75) is 32.7 Å². The molecule has 0 bridgehead atoms. The molecule has 0 unspecified atom stereocenters. The van der Waals surface area contributed by atoms with Crippen LogP contribution < -0.4 is 5.32 Å². The topological polar surface area (TPSA) is 66.4 Å². The highest BCUT2D eigenvalue weighted by Gasteiger charge is 2.13. The maximum atomic E-state index is 11.4. The van der Waals surface area contributed by atoms with E-state index in [2.05, 4.69) is 5.32 Å². The van der Waals surface area contributed by atoms with Gasteiger partial charge in [0.15, 0.2) is 0 Å². The van der Waals surface area contributed by atoms with Crippen LogP contribution in [0.1, 0.15) is 24.5 Å². The molecule has 0 saturated carbocycles. The summed E-state index contributed by atoms with van der Waals surface area (Å²) >= 11 is 0. The van der Waals surface area contributed by atoms with Gasteiger partial charge in [0, 0.05) is 6.42 Å². The molecule has 0 heterocycles. The molecule has 0 aromatic heterocycles. The maximum Gasteiger partial charge on any atom is 0.325 e. The fourth-order valence-electron chi connectivity index (χ4n) is 1.39. The molecule has 92 valence electrons. The predicted molar refractivity (Wildman–Crippen MR) is 64.7 cm³/mol. The molecule has 0 radical (unpaired) electrons. The van der Waals surface area contributed by atoms with Gasteiger partial charge >= 0.3 is 5.97 Å². The number of aliphatic carboxylic acids is 1. The van der Waals surface area contributed by atoms with E-state index in [-0.39, 0.29) is 5.91 Å². The summed E-state index contributed by atoms with van der Waals surface area (Å²) in [6.45, 7) is 3.46. The zero-order valence-electron chi connectivity index (χ0n) is 10.1. The number of carboxylic acids is 1. The lowest BCUT2D eigenvalue weighted by molar-refractivity contribution is -0.141. The van der Waals surface area contributed by atoms with Crippen LogP contribution in [0.5, 0.6) is 0 Å². The Morgan fingerprint density at radius 1 is 1.29 bits per heavy atom. The van der Waals surface area contributed by atoms with E-state index in [9.17, 15) is 9.59 Å². The van der Waals surface area contributed by atoms with Crippen LogP contribution >= 0.6 is 0 Å². The molecule has 17 heavy (non-hydrogen) atoms. The summed E-state index contributed by atoms with van der Waals surface area (Å²) in [7, 11) is 0. The molecule has 1 atom stereocenters. The average molecular weight is 235 g/mol. The Morgan fingerprint density at radius 3 is 2.41 bits per heavy atom. The first-order chi connectivity index (χ1) is 7.99. The molecule has 0 fully saturated rings. The largest absolute Gasteiger partial charge is 0.480 e. The maximum absolute atomic E-state index is 11.4. The number of carbonyl (C=O) groups excluding carboxylic acids is 1. The second kappa shape index (κ2) is 6.03. The van der Waals surface area contributed by atoms with Crippen LogP contribution in [-0.4, -0.2) is 23.0 Å². The van der Waals surface area contributed by atoms with E-state index in [1.165, 1.54) is 12.5 Å². The molecule has 1 amide bonds. The van der Waals surface area contributed by atoms with Crippen LogP contribution in [0.4, 0.5) is 0 Å². The third kappa shape index (κ3) is 4.68. The van der Waals surface area contributed by atoms with Gasteiger partial charge in [0.25, 0.3) is 0 Å². The number of carbonyl (C=O) groups is 2. The van der Waals surface area contributed by atoms with Crippen molar-refractivity contribution >= 4 is 11.9 Å². The van der Waals surface area contributed by atoms with Gasteiger partial charge < -0.3 is 10.4 Å². The van der Waals surface area contributed by atoms with E-state index in [0.29, 0.717) is 12.8 Å². The molecule has 2 N–H and O–H groups in total. The third-order valence-corrected chi connectivity index (χ3v) is 2.51. The van der Waals surface area contributed by atoms with Crippen molar-refractivity contribution in [2.24, 2.45) is 0 Å². The van der Waals surface area contributed by atoms with Gasteiger partial charge in [-0.05, 0) is 25.8 Å². The summed E-state index contributed by atoms with van der Waals surface area (Å²) in [4.78, 5) is 22.0. The van der Waals surface area contributed by atoms with Crippen LogP contribution in [0.3, 0.4) is 0 Å². The molecule has 0 aliphatic heterocycles. The number of aryl methyl sites for hydroxylation is 2. The highest BCUT2D eigenvalue weighted by atomic mass is 16.4. The van der Waals surface area contributed by atoms with Gasteiger partial charge in [-0.1, -0.05) is 29.8 Å². The number of amides is 1. The minimum Gasteiger partial charge on any atom is -0.480 e. The lowest BCUT2D eigenvalue weighted by Crippen LogP contribution is -2.38. The number of nitrogens with one attached hydrogen (secondary N) is 1. The lowest BCUT2D eigenvalue weighted by Gasteiger charge is -2.09. The minimum atomic E-state index is -1.02. The van der Waals surface area contributed by atoms with E-state index in [1.807, 2.05) is 31.2 Å². The van der Waals surface area contributed by atoms with Crippen molar-refractivity contribution in [1.29, 1.82) is 0 Å². The first-order valence-corrected chi connectivity index (χ1v) is 5.57. The molecule has 0 saturated heterocycles. The van der Waals surface area contributed by atoms with Crippen molar-refractivity contribution in [1.82, 2.24) is 5.32 Å². The Morgan fingerprint density at radius 2 is 1.88 bits per heavy atom. The predicted octanol–water partition coefficient (Wildman–Crippen LogP) is 1.52. The third-order valence-electron chi connectivity index (χ3n) is 2.51. The fraction of sp³-hybridized carbons (Fsp3) is 0.385. The van der Waals surface area contributed by atoms with Gasteiger partial charge in [-0.25, -0.2) is 0 Å². The number of hydrogen-bond donors (Lipinski definition) is 2. The molecule has 1 rings (SSSR count). The second-order valence-corrected chi connectivity index (χ2v) is 4.11. The lowest BCUT2D eigenvalue weighted by atomic mass is 10.1. The van der Waals surface area contributed by atoms with E-state index in [0.717, 1.165) is 5.56 Å². The number of carboxylic acid groups (broad SMARTS) is 1. The van der Waals surface area contributed by atoms with Crippen LogP contribution in [-0.2, 0) is 16.0 Å². The average Bonchev–Trinajstić information content (AvgIpc) is 2.28. The van der Waals surface area contributed by atoms with Crippen molar-refractivity contribution < 1.29 is 14.7 Å². The molecule has 1 aromatic carbocycles. The van der Waals surface area contributed by atoms with Gasteiger partial charge in [0.2, 0.25) is 5.91 Å². The van der Waals surface area contributed by atoms with Crippen molar-refractivity contribution in [3.8, 4) is 0 Å². The summed E-state index contributed by atoms with van der Waals surface area (Å²) in [6.07, 6.45) is 0.930. The molecule has 0 aliphatic carbocycles. The van der Waals surface area contributed by atoms with Gasteiger partial charge in [-0.2, -0.15) is 0 Å². The first kappa shape index (κ1) is 13.2. The highest BCUT2D eigenvalue weighted by molar-refractivity contribution is 5.83. The second-order valence-electron chi connectivity index (χ2n) is 4.11. The van der Waals surface area contributed by atoms with Crippen LogP contribution in [0.15, 0.2) is 24.3 Å². The van der Waals surface area contributed by atoms with Crippen LogP contribution in [0, 0.1) is 6.92 Å². The Bertz CT molecular complexity index is 398. The van der Waals surface area contributed by atoms with Gasteiger partial charge in [-0.3, -0.25) is 9.59 Å². The summed E-state index contributed by atoms with van der Waals surface area (Å²) in [6, 6.07) is 7.10. The molecular weight excluding hydrogens is 218 g/mol. The number of hydrogen-bond acceptors (Lipinski definition) is 2. The Kier molecular flexibility index (Phi) is 4.69. The summed E-state index contributed by atoms with van der Waals surface area (Å²) in [5.41, 5.74) is 2.26. The Balaban J connectivity index is 2.38. The zero-order valence-corrected chi connectivity index (χ0v) is 10.1. The first-order valence-electron chi connectivity index (χ1n) is 5.57. The number of rotatable bonds is 5. The van der Waals surface area contributed by atoms with E-state index in [1.54, 1.807) is 0 Å². The molecular formula is C13H17NO3. The monoisotopic (exact) mass is 235 g/mol.